The van der Waals surface area contributed by atoms with Crippen LogP contribution in [0.1, 0.15) is 33.6 Å². The van der Waals surface area contributed by atoms with Crippen LogP contribution in [0.4, 0.5) is 0 Å². The zero-order chi connectivity index (χ0) is 11.1. The van der Waals surface area contributed by atoms with Gasteiger partial charge in [-0.2, -0.15) is 0 Å². The van der Waals surface area contributed by atoms with Gasteiger partial charge in [-0.25, -0.2) is 0 Å². The van der Waals surface area contributed by atoms with E-state index in [-0.39, 0.29) is 12.3 Å². The minimum atomic E-state index is -0.772. The van der Waals surface area contributed by atoms with Gasteiger partial charge in [0.1, 0.15) is 0 Å². The number of carboxylic acids is 1. The molecule has 0 aliphatic heterocycles. The molecule has 0 aliphatic rings. The van der Waals surface area contributed by atoms with E-state index in [0.717, 1.165) is 12.3 Å². The Hall–Kier alpha value is -1.05. The van der Waals surface area contributed by atoms with Gasteiger partial charge in [0.05, 0.1) is 6.42 Å². The van der Waals surface area contributed by atoms with E-state index >= 15 is 0 Å². The smallest absolute Gasteiger partial charge is 0.303 e. The summed E-state index contributed by atoms with van der Waals surface area (Å²) in [5, 5.41) is 8.64. The molecule has 0 spiro atoms. The Morgan fingerprint density at radius 1 is 1.43 bits per heavy atom. The monoisotopic (exact) mass is 195 g/mol. The van der Waals surface area contributed by atoms with Gasteiger partial charge in [-0.1, -0.05) is 24.6 Å². The highest BCUT2D eigenvalue weighted by Crippen LogP contribution is 2.23. The number of carboxylic acid groups (broad SMARTS) is 1. The second-order valence-electron chi connectivity index (χ2n) is 3.78. The fraction of sp³-hybridized carbons (Fsp3) is 0.500. The van der Waals surface area contributed by atoms with E-state index in [4.69, 9.17) is 5.11 Å². The third kappa shape index (κ3) is 5.57. The summed E-state index contributed by atoms with van der Waals surface area (Å²) >= 11 is 0. The Bertz CT molecular complexity index is 224. The molecule has 1 radical (unpaired) electrons. The molecular weight excluding hydrogens is 176 g/mol. The molecule has 0 fully saturated rings. The fourth-order valence-electron chi connectivity index (χ4n) is 1.23. The Balaban J connectivity index is 4.18. The standard InChI is InChI=1S/C12H19O2/c1-5-11(7-6-9(2)3)10(4)8-12(13)14/h5-6,11H,1,7-8H2,2-4H3,(H,13,14). The maximum atomic E-state index is 10.5. The van der Waals surface area contributed by atoms with E-state index in [9.17, 15) is 4.79 Å². The maximum Gasteiger partial charge on any atom is 0.303 e. The van der Waals surface area contributed by atoms with Gasteiger partial charge in [-0.15, -0.1) is 6.58 Å². The van der Waals surface area contributed by atoms with Gasteiger partial charge in [0.25, 0.3) is 0 Å². The van der Waals surface area contributed by atoms with Crippen LogP contribution in [-0.4, -0.2) is 11.1 Å². The topological polar surface area (TPSA) is 37.3 Å². The molecule has 2 heteroatoms. The van der Waals surface area contributed by atoms with Crippen LogP contribution >= 0.6 is 0 Å². The predicted octanol–water partition coefficient (Wildman–Crippen LogP) is 3.21. The zero-order valence-electron chi connectivity index (χ0n) is 9.21. The molecule has 0 aliphatic carbocycles. The predicted molar refractivity (Wildman–Crippen MR) is 58.9 cm³/mol. The average molecular weight is 195 g/mol. The molecule has 0 saturated heterocycles. The molecule has 14 heavy (non-hydrogen) atoms. The highest BCUT2D eigenvalue weighted by molar-refractivity contribution is 5.69. The second-order valence-corrected chi connectivity index (χ2v) is 3.78. The molecule has 0 aromatic heterocycles. The zero-order valence-corrected chi connectivity index (χ0v) is 9.21. The molecule has 0 rings (SSSR count). The van der Waals surface area contributed by atoms with Crippen molar-refractivity contribution in [2.24, 2.45) is 5.92 Å². The largest absolute Gasteiger partial charge is 0.481 e. The van der Waals surface area contributed by atoms with E-state index in [1.807, 2.05) is 26.8 Å². The molecule has 1 unspecified atom stereocenters. The molecule has 79 valence electrons. The Kier molecular flexibility index (Phi) is 5.93. The summed E-state index contributed by atoms with van der Waals surface area (Å²) in [7, 11) is 0. The third-order valence-corrected chi connectivity index (χ3v) is 2.13. The van der Waals surface area contributed by atoms with Gasteiger partial charge in [0.2, 0.25) is 0 Å². The summed E-state index contributed by atoms with van der Waals surface area (Å²) < 4.78 is 0. The van der Waals surface area contributed by atoms with E-state index in [1.165, 1.54) is 5.57 Å². The van der Waals surface area contributed by atoms with E-state index in [0.29, 0.717) is 0 Å². The number of hydrogen-bond donors (Lipinski definition) is 1. The van der Waals surface area contributed by atoms with Gasteiger partial charge in [0, 0.05) is 0 Å². The van der Waals surface area contributed by atoms with Crippen LogP contribution in [-0.2, 0) is 4.79 Å². The van der Waals surface area contributed by atoms with Crippen LogP contribution in [0.2, 0.25) is 0 Å². The number of aliphatic carboxylic acids is 1. The van der Waals surface area contributed by atoms with Crippen molar-refractivity contribution in [1.82, 2.24) is 0 Å². The van der Waals surface area contributed by atoms with Crippen molar-refractivity contribution in [3.05, 3.63) is 30.2 Å². The highest BCUT2D eigenvalue weighted by Gasteiger charge is 2.16. The fourth-order valence-corrected chi connectivity index (χ4v) is 1.23. The quantitative estimate of drug-likeness (QED) is 0.661. The summed E-state index contributed by atoms with van der Waals surface area (Å²) in [5.41, 5.74) is 1.25. The van der Waals surface area contributed by atoms with Crippen molar-refractivity contribution in [2.75, 3.05) is 0 Å². The first-order valence-electron chi connectivity index (χ1n) is 4.77. The first-order chi connectivity index (χ1) is 6.47. The Morgan fingerprint density at radius 3 is 2.36 bits per heavy atom. The van der Waals surface area contributed by atoms with Crippen molar-refractivity contribution < 1.29 is 9.90 Å². The summed E-state index contributed by atoms with van der Waals surface area (Å²) in [6.07, 6.45) is 4.91. The van der Waals surface area contributed by atoms with Crippen LogP contribution in [0.3, 0.4) is 0 Å². The van der Waals surface area contributed by atoms with Crippen molar-refractivity contribution in [3.63, 3.8) is 0 Å². The van der Waals surface area contributed by atoms with Crippen molar-refractivity contribution in [1.29, 1.82) is 0 Å². The second kappa shape index (κ2) is 6.41. The van der Waals surface area contributed by atoms with Crippen LogP contribution in [0.15, 0.2) is 24.3 Å². The van der Waals surface area contributed by atoms with Crippen LogP contribution in [0, 0.1) is 11.8 Å². The van der Waals surface area contributed by atoms with E-state index in [2.05, 4.69) is 12.7 Å². The van der Waals surface area contributed by atoms with Crippen LogP contribution in [0.25, 0.3) is 0 Å². The van der Waals surface area contributed by atoms with Crippen molar-refractivity contribution >= 4 is 5.97 Å². The summed E-state index contributed by atoms with van der Waals surface area (Å²) in [4.78, 5) is 10.5. The van der Waals surface area contributed by atoms with Gasteiger partial charge in [-0.05, 0) is 32.1 Å². The molecule has 0 aromatic carbocycles. The minimum absolute atomic E-state index is 0.132. The molecule has 0 bridgehead atoms. The Morgan fingerprint density at radius 2 is 2.00 bits per heavy atom. The lowest BCUT2D eigenvalue weighted by Crippen LogP contribution is -2.11. The Labute approximate surface area is 86.3 Å². The lowest BCUT2D eigenvalue weighted by atomic mass is 9.88. The number of hydrogen-bond acceptors (Lipinski definition) is 1. The van der Waals surface area contributed by atoms with Crippen molar-refractivity contribution in [3.8, 4) is 0 Å². The van der Waals surface area contributed by atoms with E-state index in [1.54, 1.807) is 0 Å². The van der Waals surface area contributed by atoms with Gasteiger partial charge in [-0.3, -0.25) is 4.79 Å². The number of carbonyl (C=O) groups is 1. The minimum Gasteiger partial charge on any atom is -0.481 e. The van der Waals surface area contributed by atoms with Crippen LogP contribution in [0.5, 0.6) is 0 Å². The number of rotatable bonds is 6. The van der Waals surface area contributed by atoms with Gasteiger partial charge >= 0.3 is 5.97 Å². The molecule has 0 aromatic rings. The summed E-state index contributed by atoms with van der Waals surface area (Å²) in [5.74, 6) is 0.373. The highest BCUT2D eigenvalue weighted by atomic mass is 16.4. The molecule has 1 atom stereocenters. The van der Waals surface area contributed by atoms with Gasteiger partial charge in [0.15, 0.2) is 0 Å². The molecule has 2 nitrogen and oxygen atoms in total. The molecule has 1 N–H and O–H groups in total. The first-order valence-corrected chi connectivity index (χ1v) is 4.77. The molecule has 0 amide bonds. The van der Waals surface area contributed by atoms with E-state index < -0.39 is 5.97 Å². The lowest BCUT2D eigenvalue weighted by Gasteiger charge is -2.16. The lowest BCUT2D eigenvalue weighted by molar-refractivity contribution is -0.136. The summed E-state index contributed by atoms with van der Waals surface area (Å²) in [6, 6.07) is 0. The average Bonchev–Trinajstić information content (AvgIpc) is 2.03. The SMILES string of the molecule is C=CC(CC=C(C)C)[C](C)CC(=O)O. The van der Waals surface area contributed by atoms with Crippen molar-refractivity contribution in [2.45, 2.75) is 33.6 Å². The summed E-state index contributed by atoms with van der Waals surface area (Å²) in [6.45, 7) is 9.67. The number of allylic oxidation sites excluding steroid dienone is 3. The molecular formula is C12H19O2. The normalized spacial score (nSPS) is 12.3. The maximum absolute atomic E-state index is 10.5. The molecule has 0 heterocycles. The molecule has 0 saturated carbocycles. The first kappa shape index (κ1) is 12.9. The third-order valence-electron chi connectivity index (χ3n) is 2.13. The van der Waals surface area contributed by atoms with Gasteiger partial charge < -0.3 is 5.11 Å². The van der Waals surface area contributed by atoms with Crippen LogP contribution < -0.4 is 0 Å².